The van der Waals surface area contributed by atoms with Crippen LogP contribution in [-0.2, 0) is 19.0 Å². The second-order valence-electron chi connectivity index (χ2n) is 8.40. The highest BCUT2D eigenvalue weighted by molar-refractivity contribution is 5.69. The molecule has 4 N–H and O–H groups in total. The van der Waals surface area contributed by atoms with Gasteiger partial charge in [-0.25, -0.2) is 0 Å². The summed E-state index contributed by atoms with van der Waals surface area (Å²) in [6, 6.07) is 0. The molecule has 178 valence electrons. The van der Waals surface area contributed by atoms with E-state index < -0.39 is 37.3 Å². The molecule has 0 radical (unpaired) electrons. The molecule has 1 rings (SSSR count). The summed E-state index contributed by atoms with van der Waals surface area (Å²) in [6.07, 6.45) is 4.68. The maximum absolute atomic E-state index is 11.9. The van der Waals surface area contributed by atoms with E-state index in [1.54, 1.807) is 0 Å². The molecule has 0 aromatic carbocycles. The van der Waals surface area contributed by atoms with Crippen molar-refractivity contribution in [1.29, 1.82) is 0 Å². The van der Waals surface area contributed by atoms with Crippen molar-refractivity contribution in [3.63, 3.8) is 0 Å². The summed E-state index contributed by atoms with van der Waals surface area (Å²) in [5.74, 6) is -0.359. The maximum Gasteiger partial charge on any atom is 0.305 e. The van der Waals surface area contributed by atoms with E-state index in [1.807, 2.05) is 6.92 Å². The molecular weight excluding hydrogens is 392 g/mol. The van der Waals surface area contributed by atoms with Crippen LogP contribution in [-0.4, -0.2) is 76.9 Å². The van der Waals surface area contributed by atoms with Crippen molar-refractivity contribution in [2.45, 2.75) is 109 Å². The summed E-state index contributed by atoms with van der Waals surface area (Å²) >= 11 is 0. The molecule has 0 spiro atoms. The minimum atomic E-state index is -1.47. The van der Waals surface area contributed by atoms with E-state index in [2.05, 4.69) is 6.92 Å². The molecule has 0 saturated carbocycles. The molecule has 0 aromatic heterocycles. The summed E-state index contributed by atoms with van der Waals surface area (Å²) in [4.78, 5) is 11.9. The Bertz CT molecular complexity index is 445. The van der Waals surface area contributed by atoms with E-state index in [-0.39, 0.29) is 25.1 Å². The van der Waals surface area contributed by atoms with Crippen molar-refractivity contribution in [2.24, 2.45) is 5.92 Å². The lowest BCUT2D eigenvalue weighted by Crippen LogP contribution is -2.59. The van der Waals surface area contributed by atoms with Crippen molar-refractivity contribution in [3.05, 3.63) is 0 Å². The lowest BCUT2D eigenvalue weighted by Gasteiger charge is -2.39. The Morgan fingerprint density at radius 2 is 1.50 bits per heavy atom. The van der Waals surface area contributed by atoms with Gasteiger partial charge < -0.3 is 34.6 Å². The fourth-order valence-electron chi connectivity index (χ4n) is 3.40. The molecule has 6 atom stereocenters. The molecular formula is C22H42O8. The normalized spacial score (nSPS) is 27.7. The lowest BCUT2D eigenvalue weighted by atomic mass is 9.99. The Labute approximate surface area is 180 Å². The average Bonchev–Trinajstić information content (AvgIpc) is 2.74. The number of aliphatic hydroxyl groups is 4. The van der Waals surface area contributed by atoms with Gasteiger partial charge >= 0.3 is 5.97 Å². The van der Waals surface area contributed by atoms with E-state index in [4.69, 9.17) is 14.2 Å². The predicted molar refractivity (Wildman–Crippen MR) is 112 cm³/mol. The molecule has 8 heteroatoms. The van der Waals surface area contributed by atoms with Crippen molar-refractivity contribution in [3.8, 4) is 0 Å². The monoisotopic (exact) mass is 434 g/mol. The number of esters is 1. The van der Waals surface area contributed by atoms with E-state index in [9.17, 15) is 25.2 Å². The van der Waals surface area contributed by atoms with Crippen LogP contribution in [0.1, 0.15) is 78.1 Å². The average molecular weight is 435 g/mol. The van der Waals surface area contributed by atoms with E-state index in [0.717, 1.165) is 19.3 Å². The second-order valence-corrected chi connectivity index (χ2v) is 8.40. The quantitative estimate of drug-likeness (QED) is 0.214. The molecule has 0 bridgehead atoms. The number of unbranched alkanes of at least 4 members (excludes halogenated alkanes) is 8. The Kier molecular flexibility index (Phi) is 14.5. The van der Waals surface area contributed by atoms with Gasteiger partial charge in [0.25, 0.3) is 0 Å². The highest BCUT2D eigenvalue weighted by Crippen LogP contribution is 2.22. The molecule has 1 heterocycles. The highest BCUT2D eigenvalue weighted by Gasteiger charge is 2.44. The maximum atomic E-state index is 11.9. The summed E-state index contributed by atoms with van der Waals surface area (Å²) in [7, 11) is 0. The summed E-state index contributed by atoms with van der Waals surface area (Å²) in [5.41, 5.74) is 0. The van der Waals surface area contributed by atoms with E-state index in [0.29, 0.717) is 6.42 Å². The summed E-state index contributed by atoms with van der Waals surface area (Å²) < 4.78 is 16.0. The van der Waals surface area contributed by atoms with Gasteiger partial charge in [0.1, 0.15) is 24.4 Å². The van der Waals surface area contributed by atoms with Gasteiger partial charge in [-0.05, 0) is 6.42 Å². The molecule has 1 aliphatic rings. The number of rotatable bonds is 16. The van der Waals surface area contributed by atoms with Crippen LogP contribution in [0.4, 0.5) is 0 Å². The number of carbonyl (C=O) groups is 1. The standard InChI is InChI=1S/C22H42O8/c1-3-4-5-6-7-8-9-10-11-12-18(24)28-14-16(2)15-29-22-21(27)20(26)19(25)17(13-23)30-22/h16-17,19-23,25-27H,3-15H2,1-2H3. The lowest BCUT2D eigenvalue weighted by molar-refractivity contribution is -0.303. The topological polar surface area (TPSA) is 126 Å². The van der Waals surface area contributed by atoms with Crippen LogP contribution in [0.3, 0.4) is 0 Å². The third kappa shape index (κ3) is 10.5. The van der Waals surface area contributed by atoms with Gasteiger partial charge in [-0.3, -0.25) is 4.79 Å². The largest absolute Gasteiger partial charge is 0.465 e. The Balaban J connectivity index is 2.09. The zero-order valence-electron chi connectivity index (χ0n) is 18.6. The number of hydrogen-bond acceptors (Lipinski definition) is 8. The van der Waals surface area contributed by atoms with Crippen molar-refractivity contribution in [1.82, 2.24) is 0 Å². The van der Waals surface area contributed by atoms with Crippen LogP contribution in [0.5, 0.6) is 0 Å². The van der Waals surface area contributed by atoms with Gasteiger partial charge in [0.05, 0.1) is 19.8 Å². The van der Waals surface area contributed by atoms with Gasteiger partial charge in [0, 0.05) is 12.3 Å². The SMILES string of the molecule is CCCCCCCCCCCC(=O)OCC(C)COC1OC(CO)C(O)C(O)C1O. The minimum Gasteiger partial charge on any atom is -0.465 e. The fourth-order valence-corrected chi connectivity index (χ4v) is 3.40. The van der Waals surface area contributed by atoms with Gasteiger partial charge in [-0.2, -0.15) is 0 Å². The molecule has 8 nitrogen and oxygen atoms in total. The van der Waals surface area contributed by atoms with Gasteiger partial charge in [-0.1, -0.05) is 65.2 Å². The van der Waals surface area contributed by atoms with Gasteiger partial charge in [-0.15, -0.1) is 0 Å². The predicted octanol–water partition coefficient (Wildman–Crippen LogP) is 1.90. The Morgan fingerprint density at radius 1 is 0.900 bits per heavy atom. The number of aliphatic hydroxyl groups excluding tert-OH is 4. The first-order valence-corrected chi connectivity index (χ1v) is 11.5. The first-order valence-electron chi connectivity index (χ1n) is 11.5. The molecule has 0 aromatic rings. The van der Waals surface area contributed by atoms with Crippen LogP contribution in [0, 0.1) is 5.92 Å². The molecule has 1 aliphatic heterocycles. The Morgan fingerprint density at radius 3 is 2.10 bits per heavy atom. The second kappa shape index (κ2) is 15.9. The molecule has 0 aliphatic carbocycles. The number of hydrogen-bond donors (Lipinski definition) is 4. The van der Waals surface area contributed by atoms with Crippen LogP contribution < -0.4 is 0 Å². The van der Waals surface area contributed by atoms with Crippen LogP contribution >= 0.6 is 0 Å². The van der Waals surface area contributed by atoms with E-state index >= 15 is 0 Å². The summed E-state index contributed by atoms with van der Waals surface area (Å²) in [6.45, 7) is 3.86. The molecule has 30 heavy (non-hydrogen) atoms. The van der Waals surface area contributed by atoms with Crippen LogP contribution in [0.15, 0.2) is 0 Å². The number of ether oxygens (including phenoxy) is 3. The first kappa shape index (κ1) is 27.3. The summed E-state index contributed by atoms with van der Waals surface area (Å²) in [5, 5.41) is 38.6. The Hall–Kier alpha value is -0.770. The molecule has 1 fully saturated rings. The third-order valence-electron chi connectivity index (χ3n) is 5.41. The van der Waals surface area contributed by atoms with Gasteiger partial charge in [0.15, 0.2) is 6.29 Å². The first-order chi connectivity index (χ1) is 14.4. The van der Waals surface area contributed by atoms with Crippen LogP contribution in [0.2, 0.25) is 0 Å². The van der Waals surface area contributed by atoms with Crippen molar-refractivity contribution in [2.75, 3.05) is 19.8 Å². The van der Waals surface area contributed by atoms with Gasteiger partial charge in [0.2, 0.25) is 0 Å². The molecule has 6 unspecified atom stereocenters. The fraction of sp³-hybridized carbons (Fsp3) is 0.955. The molecule has 0 amide bonds. The smallest absolute Gasteiger partial charge is 0.305 e. The molecule has 1 saturated heterocycles. The van der Waals surface area contributed by atoms with Crippen molar-refractivity contribution < 1.29 is 39.4 Å². The van der Waals surface area contributed by atoms with E-state index in [1.165, 1.54) is 38.5 Å². The zero-order chi connectivity index (χ0) is 22.4. The highest BCUT2D eigenvalue weighted by atomic mass is 16.7. The van der Waals surface area contributed by atoms with Crippen LogP contribution in [0.25, 0.3) is 0 Å². The number of carbonyl (C=O) groups excluding carboxylic acids is 1. The third-order valence-corrected chi connectivity index (χ3v) is 5.41. The van der Waals surface area contributed by atoms with Crippen molar-refractivity contribution >= 4 is 5.97 Å². The minimum absolute atomic E-state index is 0.133. The zero-order valence-corrected chi connectivity index (χ0v) is 18.6.